The topological polar surface area (TPSA) is 51.1 Å². The van der Waals surface area contributed by atoms with Crippen molar-refractivity contribution in [2.75, 3.05) is 6.54 Å². The monoisotopic (exact) mass is 258 g/mol. The third-order valence-electron chi connectivity index (χ3n) is 3.11. The van der Waals surface area contributed by atoms with Crippen LogP contribution in [0, 0.1) is 0 Å². The predicted molar refractivity (Wildman–Crippen MR) is 75.2 cm³/mol. The number of amides is 1. The summed E-state index contributed by atoms with van der Waals surface area (Å²) in [5, 5.41) is 3.76. The molecule has 1 amide bonds. The van der Waals surface area contributed by atoms with Crippen LogP contribution >= 0.6 is 0 Å². The van der Waals surface area contributed by atoms with Crippen LogP contribution in [0.1, 0.15) is 30.1 Å². The predicted octanol–water partition coefficient (Wildman–Crippen LogP) is 2.37. The third-order valence-corrected chi connectivity index (χ3v) is 3.11. The van der Waals surface area contributed by atoms with E-state index in [-0.39, 0.29) is 12.5 Å². The molecule has 0 fully saturated rings. The summed E-state index contributed by atoms with van der Waals surface area (Å²) in [6.07, 6.45) is 4.60. The van der Waals surface area contributed by atoms with E-state index in [1.807, 2.05) is 28.8 Å². The Balaban J connectivity index is 2.16. The average molecular weight is 258 g/mol. The fraction of sp³-hybridized carbons (Fsp3) is 0.333. The molecule has 4 heteroatoms. The van der Waals surface area contributed by atoms with Gasteiger partial charge >= 0.3 is 0 Å². The summed E-state index contributed by atoms with van der Waals surface area (Å²) in [6.45, 7) is 3.04. The number of fused-ring (bicyclic) bond motifs is 1. The molecule has 1 heterocycles. The zero-order chi connectivity index (χ0) is 13.7. The Hall–Kier alpha value is -2.10. The summed E-state index contributed by atoms with van der Waals surface area (Å²) in [5.41, 5.74) is 1.53. The van der Waals surface area contributed by atoms with Crippen LogP contribution in [0.2, 0.25) is 0 Å². The van der Waals surface area contributed by atoms with Crippen molar-refractivity contribution in [2.45, 2.75) is 26.3 Å². The average Bonchev–Trinajstić information content (AvgIpc) is 2.77. The van der Waals surface area contributed by atoms with Gasteiger partial charge in [-0.3, -0.25) is 9.59 Å². The number of unbranched alkanes of at least 4 members (excludes halogenated alkanes) is 1. The molecule has 0 saturated heterocycles. The Morgan fingerprint density at radius 3 is 2.89 bits per heavy atom. The van der Waals surface area contributed by atoms with Crippen LogP contribution in [0.5, 0.6) is 0 Å². The van der Waals surface area contributed by atoms with E-state index in [4.69, 9.17) is 0 Å². The first-order chi connectivity index (χ1) is 9.26. The number of rotatable bonds is 6. The van der Waals surface area contributed by atoms with Crippen LogP contribution in [0.15, 0.2) is 30.5 Å². The quantitative estimate of drug-likeness (QED) is 0.639. The van der Waals surface area contributed by atoms with Crippen LogP contribution in [-0.2, 0) is 11.3 Å². The Bertz CT molecular complexity index is 587. The molecule has 100 valence electrons. The first-order valence-corrected chi connectivity index (χ1v) is 6.56. The molecule has 1 N–H and O–H groups in total. The lowest BCUT2D eigenvalue weighted by Crippen LogP contribution is -2.28. The number of hydrogen-bond donors (Lipinski definition) is 1. The van der Waals surface area contributed by atoms with Gasteiger partial charge in [-0.15, -0.1) is 0 Å². The Morgan fingerprint density at radius 1 is 1.37 bits per heavy atom. The fourth-order valence-electron chi connectivity index (χ4n) is 2.12. The standard InChI is InChI=1S/C15H18N2O2/c1-2-3-8-16-15(19)10-17-9-12(11-18)13-6-4-5-7-14(13)17/h4-7,9,11H,2-3,8,10H2,1H3,(H,16,19). The van der Waals surface area contributed by atoms with Crippen molar-refractivity contribution >= 4 is 23.1 Å². The van der Waals surface area contributed by atoms with Gasteiger partial charge in [0.2, 0.25) is 5.91 Å². The molecule has 4 nitrogen and oxygen atoms in total. The van der Waals surface area contributed by atoms with Crippen molar-refractivity contribution in [3.8, 4) is 0 Å². The smallest absolute Gasteiger partial charge is 0.239 e. The van der Waals surface area contributed by atoms with E-state index in [0.29, 0.717) is 12.1 Å². The molecule has 0 bridgehead atoms. The van der Waals surface area contributed by atoms with E-state index in [1.54, 1.807) is 6.20 Å². The van der Waals surface area contributed by atoms with Crippen molar-refractivity contribution in [2.24, 2.45) is 0 Å². The number of carbonyl (C=O) groups is 2. The van der Waals surface area contributed by atoms with Gasteiger partial charge in [0.15, 0.2) is 6.29 Å². The van der Waals surface area contributed by atoms with Gasteiger partial charge in [0.1, 0.15) is 6.54 Å². The minimum Gasteiger partial charge on any atom is -0.355 e. The second-order valence-electron chi connectivity index (χ2n) is 4.55. The van der Waals surface area contributed by atoms with E-state index in [2.05, 4.69) is 12.2 Å². The molecule has 1 aromatic heterocycles. The molecule has 0 radical (unpaired) electrons. The molecule has 19 heavy (non-hydrogen) atoms. The van der Waals surface area contributed by atoms with Gasteiger partial charge in [-0.25, -0.2) is 0 Å². The van der Waals surface area contributed by atoms with Gasteiger partial charge in [-0.05, 0) is 12.5 Å². The lowest BCUT2D eigenvalue weighted by atomic mass is 10.2. The van der Waals surface area contributed by atoms with E-state index in [1.165, 1.54) is 0 Å². The highest BCUT2D eigenvalue weighted by molar-refractivity contribution is 5.98. The molecule has 0 aliphatic rings. The lowest BCUT2D eigenvalue weighted by molar-refractivity contribution is -0.121. The molecule has 0 aliphatic carbocycles. The number of para-hydroxylation sites is 1. The van der Waals surface area contributed by atoms with Gasteiger partial charge in [-0.1, -0.05) is 31.5 Å². The van der Waals surface area contributed by atoms with E-state index >= 15 is 0 Å². The summed E-state index contributed by atoms with van der Waals surface area (Å²) in [5.74, 6) is -0.0216. The summed E-state index contributed by atoms with van der Waals surface area (Å²) < 4.78 is 1.82. The number of hydrogen-bond acceptors (Lipinski definition) is 2. The van der Waals surface area contributed by atoms with Gasteiger partial charge < -0.3 is 9.88 Å². The molecule has 1 aromatic carbocycles. The van der Waals surface area contributed by atoms with Crippen molar-refractivity contribution in [3.05, 3.63) is 36.0 Å². The number of benzene rings is 1. The Morgan fingerprint density at radius 2 is 2.16 bits per heavy atom. The maximum absolute atomic E-state index is 11.8. The third kappa shape index (κ3) is 3.02. The zero-order valence-electron chi connectivity index (χ0n) is 11.1. The largest absolute Gasteiger partial charge is 0.355 e. The summed E-state index contributed by atoms with van der Waals surface area (Å²) in [4.78, 5) is 22.8. The molecule has 0 spiro atoms. The van der Waals surface area contributed by atoms with Crippen molar-refractivity contribution in [1.29, 1.82) is 0 Å². The highest BCUT2D eigenvalue weighted by Gasteiger charge is 2.09. The lowest BCUT2D eigenvalue weighted by Gasteiger charge is -2.06. The molecule has 0 aliphatic heterocycles. The van der Waals surface area contributed by atoms with Crippen molar-refractivity contribution < 1.29 is 9.59 Å². The highest BCUT2D eigenvalue weighted by Crippen LogP contribution is 2.19. The van der Waals surface area contributed by atoms with Crippen molar-refractivity contribution in [1.82, 2.24) is 9.88 Å². The van der Waals surface area contributed by atoms with Gasteiger partial charge in [0.05, 0.1) is 0 Å². The van der Waals surface area contributed by atoms with Crippen LogP contribution in [0.3, 0.4) is 0 Å². The second-order valence-corrected chi connectivity index (χ2v) is 4.55. The summed E-state index contributed by atoms with van der Waals surface area (Å²) in [7, 11) is 0. The normalized spacial score (nSPS) is 10.6. The van der Waals surface area contributed by atoms with E-state index < -0.39 is 0 Å². The van der Waals surface area contributed by atoms with E-state index in [9.17, 15) is 9.59 Å². The number of aldehydes is 1. The number of nitrogens with zero attached hydrogens (tertiary/aromatic N) is 1. The van der Waals surface area contributed by atoms with Gasteiger partial charge in [0.25, 0.3) is 0 Å². The zero-order valence-corrected chi connectivity index (χ0v) is 11.1. The number of carbonyl (C=O) groups excluding carboxylic acids is 2. The Labute approximate surface area is 112 Å². The van der Waals surface area contributed by atoms with Crippen LogP contribution < -0.4 is 5.32 Å². The molecule has 0 atom stereocenters. The first kappa shape index (κ1) is 13.3. The molecular weight excluding hydrogens is 240 g/mol. The highest BCUT2D eigenvalue weighted by atomic mass is 16.2. The molecule has 2 rings (SSSR count). The molecular formula is C15H18N2O2. The van der Waals surface area contributed by atoms with Crippen LogP contribution in [0.25, 0.3) is 10.9 Å². The molecule has 0 unspecified atom stereocenters. The number of nitrogens with one attached hydrogen (secondary N) is 1. The SMILES string of the molecule is CCCCNC(=O)Cn1cc(C=O)c2ccccc21. The van der Waals surface area contributed by atoms with Crippen LogP contribution in [-0.4, -0.2) is 23.3 Å². The first-order valence-electron chi connectivity index (χ1n) is 6.56. The molecule has 0 saturated carbocycles. The van der Waals surface area contributed by atoms with Gasteiger partial charge in [-0.2, -0.15) is 0 Å². The minimum absolute atomic E-state index is 0.0216. The summed E-state index contributed by atoms with van der Waals surface area (Å²) >= 11 is 0. The molecule has 2 aromatic rings. The summed E-state index contributed by atoms with van der Waals surface area (Å²) in [6, 6.07) is 7.61. The number of aromatic nitrogens is 1. The maximum atomic E-state index is 11.8. The second kappa shape index (κ2) is 6.18. The maximum Gasteiger partial charge on any atom is 0.239 e. The van der Waals surface area contributed by atoms with Gasteiger partial charge in [0, 0.05) is 29.2 Å². The Kier molecular flexibility index (Phi) is 4.34. The van der Waals surface area contributed by atoms with Crippen LogP contribution in [0.4, 0.5) is 0 Å². The fourth-order valence-corrected chi connectivity index (χ4v) is 2.12. The minimum atomic E-state index is -0.0216. The van der Waals surface area contributed by atoms with Crippen molar-refractivity contribution in [3.63, 3.8) is 0 Å². The van der Waals surface area contributed by atoms with E-state index in [0.717, 1.165) is 30.0 Å².